The fourth-order valence-corrected chi connectivity index (χ4v) is 7.27. The van der Waals surface area contributed by atoms with E-state index in [1.54, 1.807) is 39.2 Å². The first-order valence-electron chi connectivity index (χ1n) is 16.7. The Labute approximate surface area is 306 Å². The summed E-state index contributed by atoms with van der Waals surface area (Å²) in [4.78, 5) is 45.6. The van der Waals surface area contributed by atoms with Crippen LogP contribution in [0.3, 0.4) is 0 Å². The molecule has 5 unspecified atom stereocenters. The maximum absolute atomic E-state index is 14.5. The van der Waals surface area contributed by atoms with E-state index >= 15 is 0 Å². The molecule has 1 aliphatic carbocycles. The lowest BCUT2D eigenvalue weighted by atomic mass is 9.94. The monoisotopic (exact) mass is 793 g/mol. The quantitative estimate of drug-likeness (QED) is 0.126. The number of aromatic nitrogens is 3. The van der Waals surface area contributed by atoms with Crippen LogP contribution in [0.15, 0.2) is 68.6 Å². The number of hydrogen-bond donors (Lipinski definition) is 2. The minimum absolute atomic E-state index is 0.0233. The second-order valence-corrected chi connectivity index (χ2v) is 15.1. The van der Waals surface area contributed by atoms with Crippen LogP contribution in [0, 0.1) is 5.41 Å². The molecule has 2 fully saturated rings. The van der Waals surface area contributed by atoms with Crippen LogP contribution < -0.4 is 16.6 Å². The zero-order chi connectivity index (χ0) is 38.3. The molecule has 3 N–H and O–H groups in total. The Balaban J connectivity index is 1.44. The Morgan fingerprint density at radius 3 is 2.50 bits per heavy atom. The number of likely N-dealkylation sites (tertiary alicyclic amines) is 1. The summed E-state index contributed by atoms with van der Waals surface area (Å²) in [5.74, 6) is -1.75. The number of pyridine rings is 1. The topological polar surface area (TPSA) is 128 Å². The van der Waals surface area contributed by atoms with Crippen molar-refractivity contribution in [3.8, 4) is 11.3 Å². The van der Waals surface area contributed by atoms with Gasteiger partial charge in [-0.2, -0.15) is 18.3 Å². The Hall–Kier alpha value is -4.34. The fourth-order valence-electron chi connectivity index (χ4n) is 6.91. The average Bonchev–Trinajstić information content (AvgIpc) is 3.49. The van der Waals surface area contributed by atoms with Gasteiger partial charge in [0.15, 0.2) is 6.30 Å². The van der Waals surface area contributed by atoms with E-state index in [2.05, 4.69) is 31.3 Å². The molecule has 5 atom stereocenters. The van der Waals surface area contributed by atoms with E-state index in [-0.39, 0.29) is 59.2 Å². The largest absolute Gasteiger partial charge is 0.416 e. The van der Waals surface area contributed by atoms with E-state index in [0.717, 1.165) is 12.3 Å². The number of amides is 2. The molecule has 2 aromatic heterocycles. The van der Waals surface area contributed by atoms with E-state index in [9.17, 15) is 36.3 Å². The van der Waals surface area contributed by atoms with Gasteiger partial charge in [-0.25, -0.2) is 8.78 Å². The third-order valence-corrected chi connectivity index (χ3v) is 10.1. The number of benzene rings is 1. The zero-order valence-electron chi connectivity index (χ0n) is 29.3. The molecule has 10 nitrogen and oxygen atoms in total. The highest BCUT2D eigenvalue weighted by Crippen LogP contribution is 2.66. The van der Waals surface area contributed by atoms with Gasteiger partial charge in [-0.1, -0.05) is 22.0 Å². The molecule has 1 spiro atoms. The number of carbonyl (C=O) groups excluding carboxylic acids is 2. The summed E-state index contributed by atoms with van der Waals surface area (Å²) in [7, 11) is 1.58. The maximum atomic E-state index is 14.5. The first kappa shape index (κ1) is 38.9. The highest BCUT2D eigenvalue weighted by atomic mass is 79.9. The number of rotatable bonds is 12. The highest BCUT2D eigenvalue weighted by Gasteiger charge is 2.66. The summed E-state index contributed by atoms with van der Waals surface area (Å²) in [6, 6.07) is 7.25. The number of aliphatic imine (C=N–C) groups is 1. The third kappa shape index (κ3) is 8.16. The van der Waals surface area contributed by atoms with Crippen LogP contribution in [0.4, 0.5) is 22.0 Å². The molecule has 1 aliphatic heterocycles. The molecule has 1 saturated carbocycles. The van der Waals surface area contributed by atoms with E-state index in [0.29, 0.717) is 11.3 Å². The van der Waals surface area contributed by atoms with Crippen LogP contribution in [0.2, 0.25) is 0 Å². The molecular formula is C36H41BrF5N7O3. The van der Waals surface area contributed by atoms with Crippen LogP contribution in [0.1, 0.15) is 75.9 Å². The summed E-state index contributed by atoms with van der Waals surface area (Å²) in [5, 5.41) is 7.42. The normalized spacial score (nSPS) is 21.2. The van der Waals surface area contributed by atoms with Crippen molar-refractivity contribution in [2.45, 2.75) is 89.6 Å². The number of halogens is 6. The van der Waals surface area contributed by atoms with E-state index < -0.39 is 58.9 Å². The van der Waals surface area contributed by atoms with Gasteiger partial charge >= 0.3 is 6.18 Å². The Morgan fingerprint density at radius 2 is 1.88 bits per heavy atom. The van der Waals surface area contributed by atoms with Gasteiger partial charge < -0.3 is 20.5 Å². The number of hydrogen-bond acceptors (Lipinski definition) is 6. The predicted octanol–water partition coefficient (Wildman–Crippen LogP) is 6.35. The van der Waals surface area contributed by atoms with Crippen LogP contribution in [0.25, 0.3) is 11.3 Å². The van der Waals surface area contributed by atoms with E-state index in [1.807, 2.05) is 0 Å². The fraction of sp³-hybridized carbons (Fsp3) is 0.472. The van der Waals surface area contributed by atoms with Crippen LogP contribution in [0.5, 0.6) is 0 Å². The van der Waals surface area contributed by atoms with E-state index in [1.165, 1.54) is 52.4 Å². The van der Waals surface area contributed by atoms with E-state index in [4.69, 9.17) is 5.73 Å². The van der Waals surface area contributed by atoms with Gasteiger partial charge in [0.1, 0.15) is 12.2 Å². The van der Waals surface area contributed by atoms with Gasteiger partial charge in [-0.3, -0.25) is 24.1 Å². The van der Waals surface area contributed by atoms with Gasteiger partial charge in [0.25, 0.3) is 0 Å². The molecule has 0 radical (unpaired) electrons. The molecule has 3 heterocycles. The number of nitrogens with two attached hydrogens (primary N) is 1. The van der Waals surface area contributed by atoms with Crippen molar-refractivity contribution in [1.82, 2.24) is 24.6 Å². The number of alkyl halides is 5. The molecule has 2 amide bonds. The van der Waals surface area contributed by atoms with Crippen molar-refractivity contribution >= 4 is 34.0 Å². The summed E-state index contributed by atoms with van der Waals surface area (Å²) in [6.45, 7) is 6.12. The van der Waals surface area contributed by atoms with Crippen molar-refractivity contribution in [3.63, 3.8) is 0 Å². The highest BCUT2D eigenvalue weighted by molar-refractivity contribution is 9.10. The second-order valence-electron chi connectivity index (χ2n) is 14.2. The molecule has 5 rings (SSSR count). The second kappa shape index (κ2) is 14.6. The van der Waals surface area contributed by atoms with Gasteiger partial charge in [0.2, 0.25) is 17.4 Å². The molecule has 3 aromatic rings. The average molecular weight is 795 g/mol. The number of nitrogens with zero attached hydrogens (tertiary/aromatic N) is 5. The van der Waals surface area contributed by atoms with Crippen molar-refractivity contribution < 1.29 is 31.5 Å². The van der Waals surface area contributed by atoms with Gasteiger partial charge in [-0.05, 0) is 82.1 Å². The Morgan fingerprint density at radius 1 is 1.17 bits per heavy atom. The van der Waals surface area contributed by atoms with Crippen molar-refractivity contribution in [2.24, 2.45) is 23.2 Å². The van der Waals surface area contributed by atoms with Crippen molar-refractivity contribution in [1.29, 1.82) is 0 Å². The van der Waals surface area contributed by atoms with Gasteiger partial charge in [0.05, 0.1) is 34.4 Å². The van der Waals surface area contributed by atoms with Gasteiger partial charge in [0, 0.05) is 54.4 Å². The molecule has 0 bridgehead atoms. The van der Waals surface area contributed by atoms with Crippen molar-refractivity contribution in [3.05, 3.63) is 86.0 Å². The summed E-state index contributed by atoms with van der Waals surface area (Å²) in [5.41, 5.74) is 4.12. The molecule has 1 aromatic carbocycles. The molecular weight excluding hydrogens is 753 g/mol. The standard InChI is InChI=1S/C36H41BrF5N7O3/c1-20(38)28-14-29(23-6-9-31(50)47(5)18-23)49(46-28)19-34(3,4)45-32(51)30(12-22(16-43)17-44-21(2)39)48-11-10-35(33(48)52)15-27(35)25-8-7-24(37)13-26(25)36(40,41)42/h6-9,13-14,16-18,20-21,27,30H,10-12,15,19,43H2,1-5H3,(H,45,51)/b22-16-,44-17+. The first-order chi connectivity index (χ1) is 24.3. The molecule has 52 heavy (non-hydrogen) atoms. The number of aryl methyl sites for hydroxylation is 1. The summed E-state index contributed by atoms with van der Waals surface area (Å²) >= 11 is 3.11. The predicted molar refractivity (Wildman–Crippen MR) is 190 cm³/mol. The molecule has 2 aliphatic rings. The molecule has 280 valence electrons. The minimum Gasteiger partial charge on any atom is -0.404 e. The maximum Gasteiger partial charge on any atom is 0.416 e. The SMILES string of the molecule is CC(F)/N=C/C(=C\N)CC(C(=O)NC(C)(C)Cn1nc(C(C)F)cc1-c1ccc(=O)n(C)c1)N1CCC2(CC2c2ccc(Br)cc2C(F)(F)F)C1=O. The minimum atomic E-state index is -4.64. The Kier molecular flexibility index (Phi) is 10.9. The molecule has 16 heteroatoms. The third-order valence-electron chi connectivity index (χ3n) is 9.62. The number of nitrogens with one attached hydrogen (secondary N) is 1. The zero-order valence-corrected chi connectivity index (χ0v) is 30.9. The summed E-state index contributed by atoms with van der Waals surface area (Å²) in [6.07, 6.45) is -3.40. The molecule has 1 saturated heterocycles. The van der Waals surface area contributed by atoms with Crippen molar-refractivity contribution in [2.75, 3.05) is 6.54 Å². The van der Waals surface area contributed by atoms with Crippen LogP contribution in [-0.2, 0) is 29.4 Å². The lowest BCUT2D eigenvalue weighted by Crippen LogP contribution is -2.55. The Bertz CT molecular complexity index is 1970. The lowest BCUT2D eigenvalue weighted by Gasteiger charge is -2.33. The first-order valence-corrected chi connectivity index (χ1v) is 17.5. The van der Waals surface area contributed by atoms with Crippen LogP contribution >= 0.6 is 15.9 Å². The number of carbonyl (C=O) groups is 2. The van der Waals surface area contributed by atoms with Crippen LogP contribution in [-0.4, -0.2) is 61.7 Å². The smallest absolute Gasteiger partial charge is 0.404 e. The summed E-state index contributed by atoms with van der Waals surface area (Å²) < 4.78 is 73.5. The van der Waals surface area contributed by atoms with Gasteiger partial charge in [-0.15, -0.1) is 0 Å². The lowest BCUT2D eigenvalue weighted by molar-refractivity contribution is -0.141.